The molecule has 0 aliphatic rings. The highest BCUT2D eigenvalue weighted by atomic mass is 127. The predicted octanol–water partition coefficient (Wildman–Crippen LogP) is 4.93. The smallest absolute Gasteiger partial charge is 0.255 e. The fraction of sp³-hybridized carbons (Fsp3) is 0.188. The van der Waals surface area contributed by atoms with Crippen LogP contribution >= 0.6 is 38.5 Å². The number of amides is 1. The number of hydrogen-bond donors (Lipinski definition) is 1. The third-order valence-electron chi connectivity index (χ3n) is 3.17. The van der Waals surface area contributed by atoms with Gasteiger partial charge in [-0.2, -0.15) is 0 Å². The summed E-state index contributed by atoms with van der Waals surface area (Å²) in [5.74, 6) is 0.565. The molecule has 0 fully saturated rings. The lowest BCUT2D eigenvalue weighted by Crippen LogP contribution is -2.13. The number of carbonyl (C=O) groups is 1. The molecule has 0 heterocycles. The van der Waals surface area contributed by atoms with E-state index in [0.717, 1.165) is 21.3 Å². The van der Waals surface area contributed by atoms with Crippen molar-refractivity contribution in [3.8, 4) is 5.75 Å². The van der Waals surface area contributed by atoms with Gasteiger partial charge in [0.05, 0.1) is 11.6 Å². The fourth-order valence-corrected chi connectivity index (χ4v) is 3.08. The number of carbonyl (C=O) groups excluding carboxylic acids is 1. The maximum atomic E-state index is 12.3. The van der Waals surface area contributed by atoms with E-state index in [9.17, 15) is 4.79 Å². The summed E-state index contributed by atoms with van der Waals surface area (Å²) in [6.07, 6.45) is 0. The third-order valence-corrected chi connectivity index (χ3v) is 4.95. The van der Waals surface area contributed by atoms with Crippen LogP contribution in [0.5, 0.6) is 5.75 Å². The standard InChI is InChI=1S/C16H15BrINO2/c1-9-7-14(10(2)6-13(9)18)19-16(20)11-4-5-15(21-3)12(17)8-11/h4-8H,1-3H3,(H,19,20). The van der Waals surface area contributed by atoms with Gasteiger partial charge in [0, 0.05) is 14.8 Å². The first-order chi connectivity index (χ1) is 9.92. The SMILES string of the molecule is COc1ccc(C(=O)Nc2cc(C)c(I)cc2C)cc1Br. The van der Waals surface area contributed by atoms with Crippen molar-refractivity contribution < 1.29 is 9.53 Å². The molecule has 0 atom stereocenters. The molecule has 0 spiro atoms. The second-order valence-electron chi connectivity index (χ2n) is 4.72. The van der Waals surface area contributed by atoms with Crippen LogP contribution in [0.25, 0.3) is 0 Å². The number of aryl methyl sites for hydroxylation is 2. The zero-order chi connectivity index (χ0) is 15.6. The normalized spacial score (nSPS) is 10.3. The number of ether oxygens (including phenoxy) is 1. The lowest BCUT2D eigenvalue weighted by atomic mass is 10.1. The molecular formula is C16H15BrINO2. The third kappa shape index (κ3) is 3.77. The quantitative estimate of drug-likeness (QED) is 0.660. The molecule has 0 saturated carbocycles. The van der Waals surface area contributed by atoms with Gasteiger partial charge in [0.2, 0.25) is 0 Å². The molecule has 0 bridgehead atoms. The van der Waals surface area contributed by atoms with Crippen LogP contribution in [0.4, 0.5) is 5.69 Å². The molecule has 0 unspecified atom stereocenters. The van der Waals surface area contributed by atoms with E-state index in [1.165, 1.54) is 3.57 Å². The fourth-order valence-electron chi connectivity index (χ4n) is 1.92. The summed E-state index contributed by atoms with van der Waals surface area (Å²) >= 11 is 5.68. The van der Waals surface area contributed by atoms with Crippen molar-refractivity contribution in [3.63, 3.8) is 0 Å². The van der Waals surface area contributed by atoms with E-state index >= 15 is 0 Å². The topological polar surface area (TPSA) is 38.3 Å². The Hall–Kier alpha value is -1.08. The highest BCUT2D eigenvalue weighted by Crippen LogP contribution is 2.27. The van der Waals surface area contributed by atoms with Gasteiger partial charge in [0.25, 0.3) is 5.91 Å². The summed E-state index contributed by atoms with van der Waals surface area (Å²) in [6, 6.07) is 9.32. The number of benzene rings is 2. The molecule has 0 aliphatic heterocycles. The summed E-state index contributed by atoms with van der Waals surface area (Å²) in [5.41, 5.74) is 3.61. The van der Waals surface area contributed by atoms with Crippen LogP contribution in [0.1, 0.15) is 21.5 Å². The Labute approximate surface area is 146 Å². The highest BCUT2D eigenvalue weighted by Gasteiger charge is 2.11. The van der Waals surface area contributed by atoms with Crippen LogP contribution in [-0.4, -0.2) is 13.0 Å². The molecular weight excluding hydrogens is 445 g/mol. The van der Waals surface area contributed by atoms with E-state index in [-0.39, 0.29) is 5.91 Å². The van der Waals surface area contributed by atoms with Crippen molar-refractivity contribution in [2.45, 2.75) is 13.8 Å². The lowest BCUT2D eigenvalue weighted by molar-refractivity contribution is 0.102. The Morgan fingerprint density at radius 3 is 2.52 bits per heavy atom. The Morgan fingerprint density at radius 2 is 1.90 bits per heavy atom. The van der Waals surface area contributed by atoms with Gasteiger partial charge >= 0.3 is 0 Å². The number of nitrogens with one attached hydrogen (secondary N) is 1. The van der Waals surface area contributed by atoms with Gasteiger partial charge in [-0.15, -0.1) is 0 Å². The minimum absolute atomic E-state index is 0.137. The molecule has 2 aromatic rings. The summed E-state index contributed by atoms with van der Waals surface area (Å²) in [5, 5.41) is 2.96. The number of hydrogen-bond acceptors (Lipinski definition) is 2. The Morgan fingerprint density at radius 1 is 1.19 bits per heavy atom. The van der Waals surface area contributed by atoms with Crippen LogP contribution < -0.4 is 10.1 Å². The zero-order valence-corrected chi connectivity index (χ0v) is 15.7. The molecule has 5 heteroatoms. The molecule has 0 saturated heterocycles. The van der Waals surface area contributed by atoms with E-state index in [1.807, 2.05) is 19.9 Å². The van der Waals surface area contributed by atoms with Gasteiger partial charge < -0.3 is 10.1 Å². The molecule has 2 aromatic carbocycles. The average Bonchev–Trinajstić information content (AvgIpc) is 2.44. The first-order valence-corrected chi connectivity index (χ1v) is 8.21. The van der Waals surface area contributed by atoms with Crippen molar-refractivity contribution in [1.29, 1.82) is 0 Å². The molecule has 1 amide bonds. The van der Waals surface area contributed by atoms with Crippen LogP contribution in [0.3, 0.4) is 0 Å². The van der Waals surface area contributed by atoms with Gasteiger partial charge in [0.1, 0.15) is 5.75 Å². The summed E-state index contributed by atoms with van der Waals surface area (Å²) in [7, 11) is 1.59. The van der Waals surface area contributed by atoms with E-state index < -0.39 is 0 Å². The van der Waals surface area contributed by atoms with Crippen molar-refractivity contribution in [3.05, 3.63) is 55.1 Å². The van der Waals surface area contributed by atoms with E-state index in [2.05, 4.69) is 49.9 Å². The van der Waals surface area contributed by atoms with E-state index in [1.54, 1.807) is 25.3 Å². The molecule has 0 aromatic heterocycles. The zero-order valence-electron chi connectivity index (χ0n) is 12.0. The lowest BCUT2D eigenvalue weighted by Gasteiger charge is -2.11. The number of rotatable bonds is 3. The first kappa shape index (κ1) is 16.3. The van der Waals surface area contributed by atoms with Crippen LogP contribution in [-0.2, 0) is 0 Å². The Balaban J connectivity index is 2.26. The van der Waals surface area contributed by atoms with Gasteiger partial charge in [-0.3, -0.25) is 4.79 Å². The van der Waals surface area contributed by atoms with Gasteiger partial charge in [-0.1, -0.05) is 0 Å². The molecule has 2 rings (SSSR count). The minimum atomic E-state index is -0.137. The second kappa shape index (κ2) is 6.79. The maximum Gasteiger partial charge on any atom is 0.255 e. The number of halogens is 2. The minimum Gasteiger partial charge on any atom is -0.496 e. The molecule has 0 radical (unpaired) electrons. The largest absolute Gasteiger partial charge is 0.496 e. The van der Waals surface area contributed by atoms with Gasteiger partial charge in [-0.25, -0.2) is 0 Å². The number of anilines is 1. The van der Waals surface area contributed by atoms with Crippen molar-refractivity contribution in [1.82, 2.24) is 0 Å². The summed E-state index contributed by atoms with van der Waals surface area (Å²) in [4.78, 5) is 12.3. The van der Waals surface area contributed by atoms with Crippen molar-refractivity contribution in [2.75, 3.05) is 12.4 Å². The summed E-state index contributed by atoms with van der Waals surface area (Å²) in [6.45, 7) is 4.02. The molecule has 110 valence electrons. The maximum absolute atomic E-state index is 12.3. The van der Waals surface area contributed by atoms with Gasteiger partial charge in [-0.05, 0) is 93.8 Å². The van der Waals surface area contributed by atoms with Crippen LogP contribution in [0.15, 0.2) is 34.8 Å². The van der Waals surface area contributed by atoms with E-state index in [4.69, 9.17) is 4.74 Å². The number of methoxy groups -OCH3 is 1. The molecule has 0 aliphatic carbocycles. The van der Waals surface area contributed by atoms with Crippen molar-refractivity contribution in [2.24, 2.45) is 0 Å². The van der Waals surface area contributed by atoms with E-state index in [0.29, 0.717) is 11.3 Å². The molecule has 1 N–H and O–H groups in total. The first-order valence-electron chi connectivity index (χ1n) is 6.34. The Bertz CT molecular complexity index is 701. The second-order valence-corrected chi connectivity index (χ2v) is 6.74. The highest BCUT2D eigenvalue weighted by molar-refractivity contribution is 14.1. The summed E-state index contributed by atoms with van der Waals surface area (Å²) < 4.78 is 7.11. The molecule has 21 heavy (non-hydrogen) atoms. The molecule has 3 nitrogen and oxygen atoms in total. The predicted molar refractivity (Wildman–Crippen MR) is 97.3 cm³/mol. The average molecular weight is 460 g/mol. The van der Waals surface area contributed by atoms with Gasteiger partial charge in [0.15, 0.2) is 0 Å². The van der Waals surface area contributed by atoms with Crippen LogP contribution in [0, 0.1) is 17.4 Å². The van der Waals surface area contributed by atoms with Crippen LogP contribution in [0.2, 0.25) is 0 Å². The van der Waals surface area contributed by atoms with Crippen molar-refractivity contribution >= 4 is 50.1 Å². The Kier molecular flexibility index (Phi) is 5.27. The monoisotopic (exact) mass is 459 g/mol.